The Hall–Kier alpha value is -0.940. The van der Waals surface area contributed by atoms with Gasteiger partial charge in [-0.2, -0.15) is 4.31 Å². The first-order valence-corrected chi connectivity index (χ1v) is 7.24. The first-order chi connectivity index (χ1) is 8.05. The second kappa shape index (κ2) is 4.74. The molecule has 0 atom stereocenters. The van der Waals surface area contributed by atoms with Gasteiger partial charge in [0.2, 0.25) is 10.0 Å². The van der Waals surface area contributed by atoms with Gasteiger partial charge in [-0.1, -0.05) is 19.1 Å². The number of halogens is 1. The Labute approximate surface area is 101 Å². The standard InChI is InChI=1S/C12H16FNO2S/c1-2-14(9-10-7-8-10)17(15,16)12-6-4-3-5-11(12)13/h3-6,10H,2,7-9H2,1H3. The SMILES string of the molecule is CCN(CC1CC1)S(=O)(=O)c1ccccc1F. The van der Waals surface area contributed by atoms with Gasteiger partial charge < -0.3 is 0 Å². The maximum Gasteiger partial charge on any atom is 0.245 e. The van der Waals surface area contributed by atoms with E-state index >= 15 is 0 Å². The number of rotatable bonds is 5. The molecule has 0 radical (unpaired) electrons. The van der Waals surface area contributed by atoms with Crippen molar-refractivity contribution >= 4 is 10.0 Å². The molecule has 0 aromatic heterocycles. The summed E-state index contributed by atoms with van der Waals surface area (Å²) in [5, 5.41) is 0. The van der Waals surface area contributed by atoms with Crippen molar-refractivity contribution in [2.45, 2.75) is 24.7 Å². The molecule has 2 rings (SSSR count). The Morgan fingerprint density at radius 2 is 2.00 bits per heavy atom. The van der Waals surface area contributed by atoms with Crippen LogP contribution in [0.15, 0.2) is 29.2 Å². The maximum atomic E-state index is 13.5. The number of hydrogen-bond acceptors (Lipinski definition) is 2. The second-order valence-electron chi connectivity index (χ2n) is 4.33. The molecule has 0 heterocycles. The highest BCUT2D eigenvalue weighted by Gasteiger charge is 2.31. The van der Waals surface area contributed by atoms with Crippen LogP contribution in [0.3, 0.4) is 0 Å². The van der Waals surface area contributed by atoms with Gasteiger partial charge >= 0.3 is 0 Å². The van der Waals surface area contributed by atoms with Crippen molar-refractivity contribution in [2.75, 3.05) is 13.1 Å². The van der Waals surface area contributed by atoms with Gasteiger partial charge in [-0.25, -0.2) is 12.8 Å². The van der Waals surface area contributed by atoms with Crippen LogP contribution in [0, 0.1) is 11.7 Å². The normalized spacial score (nSPS) is 16.4. The molecule has 0 saturated heterocycles. The van der Waals surface area contributed by atoms with E-state index < -0.39 is 15.8 Å². The lowest BCUT2D eigenvalue weighted by atomic mass is 10.3. The highest BCUT2D eigenvalue weighted by molar-refractivity contribution is 7.89. The molecule has 5 heteroatoms. The molecule has 1 saturated carbocycles. The quantitative estimate of drug-likeness (QED) is 0.811. The van der Waals surface area contributed by atoms with Gasteiger partial charge in [-0.05, 0) is 30.9 Å². The van der Waals surface area contributed by atoms with Crippen LogP contribution >= 0.6 is 0 Å². The van der Waals surface area contributed by atoms with E-state index in [0.29, 0.717) is 19.0 Å². The zero-order valence-corrected chi connectivity index (χ0v) is 10.6. The summed E-state index contributed by atoms with van der Waals surface area (Å²) in [6.45, 7) is 2.67. The van der Waals surface area contributed by atoms with Crippen LogP contribution in [0.4, 0.5) is 4.39 Å². The minimum atomic E-state index is -3.68. The zero-order valence-electron chi connectivity index (χ0n) is 9.77. The van der Waals surface area contributed by atoms with Crippen LogP contribution in [-0.2, 0) is 10.0 Å². The van der Waals surface area contributed by atoms with Gasteiger partial charge in [0.05, 0.1) is 0 Å². The Morgan fingerprint density at radius 3 is 2.53 bits per heavy atom. The van der Waals surface area contributed by atoms with Crippen LogP contribution in [0.1, 0.15) is 19.8 Å². The topological polar surface area (TPSA) is 37.4 Å². The van der Waals surface area contributed by atoms with E-state index in [4.69, 9.17) is 0 Å². The Morgan fingerprint density at radius 1 is 1.35 bits per heavy atom. The minimum absolute atomic E-state index is 0.220. The van der Waals surface area contributed by atoms with Gasteiger partial charge in [0.1, 0.15) is 10.7 Å². The van der Waals surface area contributed by atoms with Crippen molar-refractivity contribution < 1.29 is 12.8 Å². The smallest absolute Gasteiger partial charge is 0.207 e. The fraction of sp³-hybridized carbons (Fsp3) is 0.500. The molecule has 0 aliphatic heterocycles. The molecule has 17 heavy (non-hydrogen) atoms. The van der Waals surface area contributed by atoms with Crippen molar-refractivity contribution in [3.63, 3.8) is 0 Å². The molecular weight excluding hydrogens is 241 g/mol. The Kier molecular flexibility index (Phi) is 3.49. The van der Waals surface area contributed by atoms with Crippen molar-refractivity contribution in [1.29, 1.82) is 0 Å². The molecule has 0 amide bonds. The molecule has 3 nitrogen and oxygen atoms in total. The molecule has 1 aliphatic carbocycles. The van der Waals surface area contributed by atoms with Crippen LogP contribution in [0.5, 0.6) is 0 Å². The predicted octanol–water partition coefficient (Wildman–Crippen LogP) is 2.25. The van der Waals surface area contributed by atoms with E-state index in [-0.39, 0.29) is 4.90 Å². The molecular formula is C12H16FNO2S. The molecule has 94 valence electrons. The third kappa shape index (κ3) is 2.66. The lowest BCUT2D eigenvalue weighted by Gasteiger charge is -2.20. The van der Waals surface area contributed by atoms with E-state index in [0.717, 1.165) is 12.8 Å². The third-order valence-corrected chi connectivity index (χ3v) is 4.94. The monoisotopic (exact) mass is 257 g/mol. The number of nitrogens with zero attached hydrogens (tertiary/aromatic N) is 1. The molecule has 0 bridgehead atoms. The van der Waals surface area contributed by atoms with E-state index in [1.165, 1.54) is 22.5 Å². The van der Waals surface area contributed by atoms with Gasteiger partial charge in [-0.15, -0.1) is 0 Å². The molecule has 1 aromatic rings. The van der Waals surface area contributed by atoms with Gasteiger partial charge in [-0.3, -0.25) is 0 Å². The van der Waals surface area contributed by atoms with Crippen molar-refractivity contribution in [3.05, 3.63) is 30.1 Å². The first kappa shape index (κ1) is 12.5. The minimum Gasteiger partial charge on any atom is -0.207 e. The van der Waals surface area contributed by atoms with Crippen LogP contribution < -0.4 is 0 Å². The Balaban J connectivity index is 2.30. The molecule has 0 unspecified atom stereocenters. The largest absolute Gasteiger partial charge is 0.245 e. The predicted molar refractivity (Wildman–Crippen MR) is 63.6 cm³/mol. The lowest BCUT2D eigenvalue weighted by molar-refractivity contribution is 0.408. The summed E-state index contributed by atoms with van der Waals surface area (Å²) in [5.74, 6) is -0.224. The van der Waals surface area contributed by atoms with Crippen LogP contribution in [0.25, 0.3) is 0 Å². The van der Waals surface area contributed by atoms with Crippen molar-refractivity contribution in [1.82, 2.24) is 4.31 Å². The first-order valence-electron chi connectivity index (χ1n) is 5.80. The lowest BCUT2D eigenvalue weighted by Crippen LogP contribution is -2.33. The molecule has 1 fully saturated rings. The highest BCUT2D eigenvalue weighted by Crippen LogP contribution is 2.31. The number of hydrogen-bond donors (Lipinski definition) is 0. The average Bonchev–Trinajstić information content (AvgIpc) is 3.09. The summed E-state index contributed by atoms with van der Waals surface area (Å²) < 4.78 is 39.4. The molecule has 1 aliphatic rings. The van der Waals surface area contributed by atoms with E-state index in [2.05, 4.69) is 0 Å². The number of sulfonamides is 1. The average molecular weight is 257 g/mol. The highest BCUT2D eigenvalue weighted by atomic mass is 32.2. The summed E-state index contributed by atoms with van der Waals surface area (Å²) in [5.41, 5.74) is 0. The zero-order chi connectivity index (χ0) is 12.5. The third-order valence-electron chi connectivity index (χ3n) is 2.97. The molecule has 0 spiro atoms. The van der Waals surface area contributed by atoms with Gasteiger partial charge in [0.15, 0.2) is 0 Å². The van der Waals surface area contributed by atoms with Crippen molar-refractivity contribution in [2.24, 2.45) is 5.92 Å². The van der Waals surface area contributed by atoms with E-state index in [1.54, 1.807) is 13.0 Å². The Bertz CT molecular complexity index is 497. The van der Waals surface area contributed by atoms with Crippen LogP contribution in [0.2, 0.25) is 0 Å². The molecule has 0 N–H and O–H groups in total. The molecule has 1 aromatic carbocycles. The summed E-state index contributed by atoms with van der Waals surface area (Å²) in [4.78, 5) is -0.220. The van der Waals surface area contributed by atoms with E-state index in [1.807, 2.05) is 0 Å². The van der Waals surface area contributed by atoms with Crippen molar-refractivity contribution in [3.8, 4) is 0 Å². The van der Waals surface area contributed by atoms with Crippen LogP contribution in [-0.4, -0.2) is 25.8 Å². The van der Waals surface area contributed by atoms with Gasteiger partial charge in [0, 0.05) is 13.1 Å². The summed E-state index contributed by atoms with van der Waals surface area (Å²) >= 11 is 0. The summed E-state index contributed by atoms with van der Waals surface area (Å²) in [6.07, 6.45) is 2.15. The number of benzene rings is 1. The fourth-order valence-corrected chi connectivity index (χ4v) is 3.37. The summed E-state index contributed by atoms with van der Waals surface area (Å²) in [7, 11) is -3.68. The van der Waals surface area contributed by atoms with Gasteiger partial charge in [0.25, 0.3) is 0 Å². The maximum absolute atomic E-state index is 13.5. The fourth-order valence-electron chi connectivity index (χ4n) is 1.78. The van der Waals surface area contributed by atoms with E-state index in [9.17, 15) is 12.8 Å². The summed E-state index contributed by atoms with van der Waals surface area (Å²) in [6, 6.07) is 5.53. The second-order valence-corrected chi connectivity index (χ2v) is 6.24.